The highest BCUT2D eigenvalue weighted by atomic mass is 32.1. The summed E-state index contributed by atoms with van der Waals surface area (Å²) in [7, 11) is 0. The van der Waals surface area contributed by atoms with Crippen molar-refractivity contribution in [3.05, 3.63) is 35.0 Å². The van der Waals surface area contributed by atoms with Crippen molar-refractivity contribution in [3.63, 3.8) is 0 Å². The molecular formula is C16H19N5O2S. The second-order valence-electron chi connectivity index (χ2n) is 6.16. The quantitative estimate of drug-likeness (QED) is 0.905. The third-order valence-corrected chi connectivity index (χ3v) is 5.35. The minimum Gasteiger partial charge on any atom is -0.376 e. The first-order chi connectivity index (χ1) is 11.8. The van der Waals surface area contributed by atoms with Crippen molar-refractivity contribution in [1.82, 2.24) is 19.9 Å². The summed E-state index contributed by atoms with van der Waals surface area (Å²) in [6.45, 7) is 2.91. The van der Waals surface area contributed by atoms with E-state index in [2.05, 4.69) is 20.3 Å². The van der Waals surface area contributed by atoms with Crippen LogP contribution in [0, 0.1) is 11.8 Å². The summed E-state index contributed by atoms with van der Waals surface area (Å²) >= 11 is 1.45. The second-order valence-corrected chi connectivity index (χ2v) is 6.88. The number of hydrogen-bond donors (Lipinski definition) is 1. The SMILES string of the molecule is O=C(c1cscn1)N1CC[C@@H]2[C@@H](CO[C@H]2CNc2ncccn2)C1. The van der Waals surface area contributed by atoms with Crippen LogP contribution < -0.4 is 5.32 Å². The number of piperidine rings is 1. The van der Waals surface area contributed by atoms with E-state index in [0.717, 1.165) is 19.5 Å². The van der Waals surface area contributed by atoms with Gasteiger partial charge in [-0.2, -0.15) is 0 Å². The molecule has 0 aliphatic carbocycles. The summed E-state index contributed by atoms with van der Waals surface area (Å²) in [5, 5.41) is 5.05. The summed E-state index contributed by atoms with van der Waals surface area (Å²) < 4.78 is 5.97. The summed E-state index contributed by atoms with van der Waals surface area (Å²) in [5.41, 5.74) is 2.25. The van der Waals surface area contributed by atoms with Crippen molar-refractivity contribution in [3.8, 4) is 0 Å². The number of carbonyl (C=O) groups excluding carboxylic acids is 1. The fourth-order valence-electron chi connectivity index (χ4n) is 3.54. The Morgan fingerprint density at radius 1 is 1.38 bits per heavy atom. The zero-order valence-corrected chi connectivity index (χ0v) is 14.0. The highest BCUT2D eigenvalue weighted by molar-refractivity contribution is 7.07. The van der Waals surface area contributed by atoms with Gasteiger partial charge in [0.25, 0.3) is 5.91 Å². The minimum absolute atomic E-state index is 0.0361. The van der Waals surface area contributed by atoms with E-state index in [9.17, 15) is 4.79 Å². The van der Waals surface area contributed by atoms with E-state index in [1.807, 2.05) is 10.3 Å². The van der Waals surface area contributed by atoms with E-state index in [0.29, 0.717) is 36.6 Å². The van der Waals surface area contributed by atoms with E-state index in [4.69, 9.17) is 4.74 Å². The Kier molecular flexibility index (Phi) is 4.40. The topological polar surface area (TPSA) is 80.2 Å². The van der Waals surface area contributed by atoms with Crippen LogP contribution in [0.25, 0.3) is 0 Å². The molecule has 1 N–H and O–H groups in total. The highest BCUT2D eigenvalue weighted by Gasteiger charge is 2.41. The lowest BCUT2D eigenvalue weighted by atomic mass is 9.84. The van der Waals surface area contributed by atoms with E-state index >= 15 is 0 Å². The number of rotatable bonds is 4. The van der Waals surface area contributed by atoms with E-state index in [1.54, 1.807) is 24.0 Å². The summed E-state index contributed by atoms with van der Waals surface area (Å²) in [4.78, 5) is 26.8. The van der Waals surface area contributed by atoms with Gasteiger partial charge in [0, 0.05) is 43.3 Å². The second kappa shape index (κ2) is 6.82. The Morgan fingerprint density at radius 2 is 2.25 bits per heavy atom. The fraction of sp³-hybridized carbons (Fsp3) is 0.500. The summed E-state index contributed by atoms with van der Waals surface area (Å²) in [5.74, 6) is 1.53. The van der Waals surface area contributed by atoms with Crippen molar-refractivity contribution in [1.29, 1.82) is 0 Å². The Bertz CT molecular complexity index is 681. The van der Waals surface area contributed by atoms with Gasteiger partial charge in [0.2, 0.25) is 5.95 Å². The Morgan fingerprint density at radius 3 is 3.04 bits per heavy atom. The molecular weight excluding hydrogens is 326 g/mol. The van der Waals surface area contributed by atoms with Gasteiger partial charge < -0.3 is 15.0 Å². The third-order valence-electron chi connectivity index (χ3n) is 4.76. The van der Waals surface area contributed by atoms with Gasteiger partial charge in [-0.25, -0.2) is 15.0 Å². The molecule has 7 nitrogen and oxygen atoms in total. The maximum absolute atomic E-state index is 12.4. The Hall–Kier alpha value is -2.06. The molecule has 0 radical (unpaired) electrons. The molecule has 0 bridgehead atoms. The molecule has 1 amide bonds. The first-order valence-electron chi connectivity index (χ1n) is 8.11. The summed E-state index contributed by atoms with van der Waals surface area (Å²) in [6, 6.07) is 1.79. The van der Waals surface area contributed by atoms with Gasteiger partial charge in [-0.05, 0) is 18.4 Å². The van der Waals surface area contributed by atoms with Gasteiger partial charge >= 0.3 is 0 Å². The number of hydrogen-bond acceptors (Lipinski definition) is 7. The molecule has 2 aliphatic heterocycles. The number of likely N-dealkylation sites (tertiary alicyclic amines) is 1. The third kappa shape index (κ3) is 3.11. The molecule has 24 heavy (non-hydrogen) atoms. The lowest BCUT2D eigenvalue weighted by molar-refractivity contribution is 0.0616. The molecule has 2 fully saturated rings. The average molecular weight is 345 g/mol. The van der Waals surface area contributed by atoms with Crippen LogP contribution in [0.1, 0.15) is 16.9 Å². The van der Waals surface area contributed by atoms with Crippen LogP contribution >= 0.6 is 11.3 Å². The van der Waals surface area contributed by atoms with Gasteiger partial charge in [-0.1, -0.05) is 0 Å². The number of amides is 1. The standard InChI is InChI=1S/C16H19N5O2S/c22-15(13-9-24-10-20-13)21-5-2-12-11(7-21)8-23-14(12)6-19-16-17-3-1-4-18-16/h1,3-4,9-12,14H,2,5-8H2,(H,17,18,19)/t11-,12-,14+/m1/s1. The number of carbonyl (C=O) groups is 1. The molecule has 4 rings (SSSR count). The van der Waals surface area contributed by atoms with Gasteiger partial charge in [0.05, 0.1) is 18.2 Å². The highest BCUT2D eigenvalue weighted by Crippen LogP contribution is 2.34. The number of anilines is 1. The molecule has 2 aromatic rings. The van der Waals surface area contributed by atoms with Gasteiger partial charge in [0.15, 0.2) is 0 Å². The van der Waals surface area contributed by atoms with Crippen LogP contribution in [0.4, 0.5) is 5.95 Å². The monoisotopic (exact) mass is 345 g/mol. The van der Waals surface area contributed by atoms with Crippen LogP contribution in [0.2, 0.25) is 0 Å². The molecule has 0 spiro atoms. The number of nitrogens with one attached hydrogen (secondary N) is 1. The van der Waals surface area contributed by atoms with Crippen molar-refractivity contribution in [2.24, 2.45) is 11.8 Å². The summed E-state index contributed by atoms with van der Waals surface area (Å²) in [6.07, 6.45) is 4.55. The molecule has 0 unspecified atom stereocenters. The minimum atomic E-state index is 0.0361. The largest absolute Gasteiger partial charge is 0.376 e. The zero-order valence-electron chi connectivity index (χ0n) is 13.2. The molecule has 0 aromatic carbocycles. The van der Waals surface area contributed by atoms with Crippen molar-refractivity contribution >= 4 is 23.2 Å². The fourth-order valence-corrected chi connectivity index (χ4v) is 4.07. The molecule has 3 atom stereocenters. The Labute approximate surface area is 144 Å². The van der Waals surface area contributed by atoms with E-state index in [-0.39, 0.29) is 12.0 Å². The lowest BCUT2D eigenvalue weighted by Gasteiger charge is -2.35. The number of thiazole rings is 1. The van der Waals surface area contributed by atoms with E-state index < -0.39 is 0 Å². The molecule has 2 aliphatic rings. The zero-order chi connectivity index (χ0) is 16.4. The van der Waals surface area contributed by atoms with Crippen LogP contribution in [-0.4, -0.2) is 58.1 Å². The van der Waals surface area contributed by atoms with Gasteiger partial charge in [0.1, 0.15) is 5.69 Å². The predicted molar refractivity (Wildman–Crippen MR) is 89.9 cm³/mol. The maximum atomic E-state index is 12.4. The van der Waals surface area contributed by atoms with Crippen LogP contribution in [0.5, 0.6) is 0 Å². The molecule has 8 heteroatoms. The smallest absolute Gasteiger partial charge is 0.273 e. The molecule has 4 heterocycles. The van der Waals surface area contributed by atoms with Gasteiger partial charge in [-0.15, -0.1) is 11.3 Å². The Balaban J connectivity index is 1.33. The van der Waals surface area contributed by atoms with E-state index in [1.165, 1.54) is 11.3 Å². The molecule has 2 aromatic heterocycles. The number of ether oxygens (including phenoxy) is 1. The van der Waals surface area contributed by atoms with Crippen molar-refractivity contribution in [2.45, 2.75) is 12.5 Å². The lowest BCUT2D eigenvalue weighted by Crippen LogP contribution is -2.45. The van der Waals surface area contributed by atoms with Crippen molar-refractivity contribution < 1.29 is 9.53 Å². The van der Waals surface area contributed by atoms with Crippen LogP contribution in [0.15, 0.2) is 29.4 Å². The molecule has 126 valence electrons. The normalized spacial score (nSPS) is 26.2. The number of nitrogens with zero attached hydrogens (tertiary/aromatic N) is 4. The van der Waals surface area contributed by atoms with Gasteiger partial charge in [-0.3, -0.25) is 4.79 Å². The first-order valence-corrected chi connectivity index (χ1v) is 9.05. The number of fused-ring (bicyclic) bond motifs is 1. The number of aromatic nitrogens is 3. The van der Waals surface area contributed by atoms with Crippen molar-refractivity contribution in [2.75, 3.05) is 31.6 Å². The molecule has 0 saturated carbocycles. The van der Waals surface area contributed by atoms with Crippen LogP contribution in [0.3, 0.4) is 0 Å². The first kappa shape index (κ1) is 15.5. The predicted octanol–water partition coefficient (Wildman–Crippen LogP) is 1.52. The van der Waals surface area contributed by atoms with Crippen LogP contribution in [-0.2, 0) is 4.74 Å². The molecule has 2 saturated heterocycles. The maximum Gasteiger partial charge on any atom is 0.273 e. The average Bonchev–Trinajstić information content (AvgIpc) is 3.30.